The highest BCUT2D eigenvalue weighted by Crippen LogP contribution is 2.31. The first-order valence-corrected chi connectivity index (χ1v) is 9.89. The summed E-state index contributed by atoms with van der Waals surface area (Å²) >= 11 is 0. The molecule has 152 valence electrons. The molecule has 1 aliphatic carbocycles. The number of amides is 1. The molecular weight excluding hydrogens is 358 g/mol. The molecule has 28 heavy (non-hydrogen) atoms. The van der Waals surface area contributed by atoms with Gasteiger partial charge in [0.15, 0.2) is 11.5 Å². The van der Waals surface area contributed by atoms with Crippen LogP contribution in [0.15, 0.2) is 22.7 Å². The third-order valence-corrected chi connectivity index (χ3v) is 5.40. The van der Waals surface area contributed by atoms with Gasteiger partial charge < -0.3 is 18.9 Å². The van der Waals surface area contributed by atoms with Crippen molar-refractivity contribution in [3.8, 4) is 22.9 Å². The quantitative estimate of drug-likeness (QED) is 0.679. The molecule has 0 spiro atoms. The van der Waals surface area contributed by atoms with E-state index >= 15 is 0 Å². The highest BCUT2D eigenvalue weighted by molar-refractivity contribution is 5.75. The van der Waals surface area contributed by atoms with Gasteiger partial charge in [0.25, 0.3) is 0 Å². The van der Waals surface area contributed by atoms with E-state index in [0.29, 0.717) is 42.1 Å². The molecule has 1 aromatic carbocycles. The van der Waals surface area contributed by atoms with Gasteiger partial charge in [-0.25, -0.2) is 0 Å². The van der Waals surface area contributed by atoms with Gasteiger partial charge in [-0.1, -0.05) is 37.3 Å². The minimum absolute atomic E-state index is 0.122. The van der Waals surface area contributed by atoms with E-state index in [2.05, 4.69) is 10.1 Å². The third kappa shape index (κ3) is 5.03. The molecule has 1 fully saturated rings. The molecule has 0 bridgehead atoms. The zero-order valence-electron chi connectivity index (χ0n) is 16.9. The van der Waals surface area contributed by atoms with Crippen LogP contribution in [-0.2, 0) is 11.3 Å². The molecule has 0 radical (unpaired) electrons. The molecule has 1 saturated carbocycles. The minimum atomic E-state index is 0.122. The lowest BCUT2D eigenvalue weighted by Gasteiger charge is -2.22. The average Bonchev–Trinajstić information content (AvgIpc) is 3.20. The minimum Gasteiger partial charge on any atom is -0.493 e. The molecule has 1 amide bonds. The van der Waals surface area contributed by atoms with Gasteiger partial charge in [-0.3, -0.25) is 4.79 Å². The van der Waals surface area contributed by atoms with Crippen LogP contribution < -0.4 is 9.47 Å². The Morgan fingerprint density at radius 3 is 2.64 bits per heavy atom. The number of hydrogen-bond acceptors (Lipinski definition) is 6. The van der Waals surface area contributed by atoms with E-state index in [-0.39, 0.29) is 5.91 Å². The lowest BCUT2D eigenvalue weighted by atomic mass is 9.86. The number of benzene rings is 1. The lowest BCUT2D eigenvalue weighted by Crippen LogP contribution is -2.26. The molecule has 3 rings (SSSR count). The van der Waals surface area contributed by atoms with E-state index in [9.17, 15) is 4.79 Å². The maximum Gasteiger partial charge on any atom is 0.246 e. The molecule has 0 N–H and O–H groups in total. The van der Waals surface area contributed by atoms with Gasteiger partial charge in [0.2, 0.25) is 17.6 Å². The smallest absolute Gasteiger partial charge is 0.246 e. The van der Waals surface area contributed by atoms with Gasteiger partial charge in [-0.05, 0) is 30.5 Å². The second kappa shape index (κ2) is 9.57. The first-order valence-electron chi connectivity index (χ1n) is 9.89. The van der Waals surface area contributed by atoms with Gasteiger partial charge >= 0.3 is 0 Å². The van der Waals surface area contributed by atoms with Crippen LogP contribution in [-0.4, -0.2) is 42.2 Å². The van der Waals surface area contributed by atoms with Gasteiger partial charge in [0.05, 0.1) is 20.8 Å². The van der Waals surface area contributed by atoms with E-state index in [0.717, 1.165) is 12.0 Å². The summed E-state index contributed by atoms with van der Waals surface area (Å²) in [6, 6.07) is 5.44. The number of aromatic nitrogens is 2. The molecule has 7 nitrogen and oxygen atoms in total. The van der Waals surface area contributed by atoms with Crippen LogP contribution in [0.3, 0.4) is 0 Å². The number of ether oxygens (including phenoxy) is 2. The Morgan fingerprint density at radius 2 is 1.93 bits per heavy atom. The van der Waals surface area contributed by atoms with Crippen molar-refractivity contribution < 1.29 is 18.8 Å². The first-order chi connectivity index (χ1) is 13.6. The maximum atomic E-state index is 12.4. The van der Waals surface area contributed by atoms with E-state index in [1.54, 1.807) is 38.3 Å². The Morgan fingerprint density at radius 1 is 1.18 bits per heavy atom. The summed E-state index contributed by atoms with van der Waals surface area (Å²) in [5, 5.41) is 4.03. The molecule has 1 heterocycles. The maximum absolute atomic E-state index is 12.4. The number of carbonyl (C=O) groups is 1. The Labute approximate surface area is 166 Å². The van der Waals surface area contributed by atoms with Crippen LogP contribution in [0.2, 0.25) is 0 Å². The number of carbonyl (C=O) groups excluding carboxylic acids is 1. The van der Waals surface area contributed by atoms with Crippen molar-refractivity contribution in [3.05, 3.63) is 24.1 Å². The van der Waals surface area contributed by atoms with Crippen LogP contribution in [0.1, 0.15) is 50.8 Å². The third-order valence-electron chi connectivity index (χ3n) is 5.40. The Hall–Kier alpha value is -2.57. The molecule has 0 saturated heterocycles. The summed E-state index contributed by atoms with van der Waals surface area (Å²) in [6.07, 6.45) is 8.02. The predicted octanol–water partition coefficient (Wildman–Crippen LogP) is 4.07. The Balaban J connectivity index is 1.57. The van der Waals surface area contributed by atoms with Crippen LogP contribution in [0.25, 0.3) is 11.4 Å². The topological polar surface area (TPSA) is 77.7 Å². The summed E-state index contributed by atoms with van der Waals surface area (Å²) in [5.74, 6) is 2.93. The monoisotopic (exact) mass is 387 g/mol. The highest BCUT2D eigenvalue weighted by Gasteiger charge is 2.19. The molecule has 2 aromatic rings. The van der Waals surface area contributed by atoms with Crippen molar-refractivity contribution >= 4 is 5.91 Å². The van der Waals surface area contributed by atoms with E-state index in [1.165, 1.54) is 32.1 Å². The molecule has 0 atom stereocenters. The van der Waals surface area contributed by atoms with Crippen LogP contribution in [0.5, 0.6) is 11.5 Å². The van der Waals surface area contributed by atoms with Crippen molar-refractivity contribution in [1.82, 2.24) is 15.0 Å². The van der Waals surface area contributed by atoms with Gasteiger partial charge in [-0.15, -0.1) is 0 Å². The molecular formula is C21H29N3O4. The largest absolute Gasteiger partial charge is 0.493 e. The second-order valence-electron chi connectivity index (χ2n) is 7.37. The summed E-state index contributed by atoms with van der Waals surface area (Å²) in [4.78, 5) is 18.5. The summed E-state index contributed by atoms with van der Waals surface area (Å²) in [6.45, 7) is 0.309. The standard InChI is InChI=1S/C21H29N3O4/c1-24(20(25)12-9-15-7-5-4-6-8-15)14-19-22-21(23-28-19)16-10-11-17(26-2)18(13-16)27-3/h10-11,13,15H,4-9,12,14H2,1-3H3. The summed E-state index contributed by atoms with van der Waals surface area (Å²) < 4.78 is 15.9. The van der Waals surface area contributed by atoms with Crippen molar-refractivity contribution in [3.63, 3.8) is 0 Å². The Bertz CT molecular complexity index is 784. The van der Waals surface area contributed by atoms with Crippen LogP contribution >= 0.6 is 0 Å². The van der Waals surface area contributed by atoms with E-state index < -0.39 is 0 Å². The first kappa shape index (κ1) is 20.2. The molecule has 1 aromatic heterocycles. The predicted molar refractivity (Wildman–Crippen MR) is 105 cm³/mol. The molecule has 0 aliphatic heterocycles. The fraction of sp³-hybridized carbons (Fsp3) is 0.571. The highest BCUT2D eigenvalue weighted by atomic mass is 16.5. The SMILES string of the molecule is COc1ccc(-c2noc(CN(C)C(=O)CCC3CCCCC3)n2)cc1OC. The van der Waals surface area contributed by atoms with Crippen LogP contribution in [0, 0.1) is 5.92 Å². The van der Waals surface area contributed by atoms with Crippen molar-refractivity contribution in [2.75, 3.05) is 21.3 Å². The summed E-state index contributed by atoms with van der Waals surface area (Å²) in [7, 11) is 4.95. The molecule has 7 heteroatoms. The Kier molecular flexibility index (Phi) is 6.90. The average molecular weight is 387 g/mol. The molecule has 0 unspecified atom stereocenters. The number of hydrogen-bond donors (Lipinski definition) is 0. The van der Waals surface area contributed by atoms with Crippen molar-refractivity contribution in [2.45, 2.75) is 51.5 Å². The normalized spacial score (nSPS) is 14.7. The van der Waals surface area contributed by atoms with Crippen molar-refractivity contribution in [1.29, 1.82) is 0 Å². The lowest BCUT2D eigenvalue weighted by molar-refractivity contribution is -0.131. The van der Waals surface area contributed by atoms with E-state index in [1.807, 2.05) is 6.07 Å². The number of rotatable bonds is 8. The van der Waals surface area contributed by atoms with Crippen LogP contribution in [0.4, 0.5) is 0 Å². The second-order valence-corrected chi connectivity index (χ2v) is 7.37. The fourth-order valence-electron chi connectivity index (χ4n) is 3.70. The zero-order chi connectivity index (χ0) is 19.9. The summed E-state index contributed by atoms with van der Waals surface area (Å²) in [5.41, 5.74) is 0.763. The fourth-order valence-corrected chi connectivity index (χ4v) is 3.70. The molecule has 1 aliphatic rings. The van der Waals surface area contributed by atoms with Crippen molar-refractivity contribution in [2.24, 2.45) is 5.92 Å². The van der Waals surface area contributed by atoms with Gasteiger partial charge in [0, 0.05) is 19.0 Å². The van der Waals surface area contributed by atoms with Gasteiger partial charge in [0.1, 0.15) is 0 Å². The number of methoxy groups -OCH3 is 2. The van der Waals surface area contributed by atoms with Gasteiger partial charge in [-0.2, -0.15) is 4.98 Å². The number of nitrogens with zero attached hydrogens (tertiary/aromatic N) is 3. The zero-order valence-corrected chi connectivity index (χ0v) is 16.9. The van der Waals surface area contributed by atoms with E-state index in [4.69, 9.17) is 14.0 Å².